The number of Topliss-reactive ketones (excluding diaryl/α,β-unsaturated/α-hetero) is 1. The van der Waals surface area contributed by atoms with Gasteiger partial charge in [0.2, 0.25) is 0 Å². The van der Waals surface area contributed by atoms with Gasteiger partial charge in [0.1, 0.15) is 11.6 Å². The molecule has 2 aromatic rings. The van der Waals surface area contributed by atoms with Gasteiger partial charge in [-0.05, 0) is 36.2 Å². The van der Waals surface area contributed by atoms with Crippen molar-refractivity contribution in [1.29, 1.82) is 0 Å². The SMILES string of the molecule is N[C@@H](Cc1ccc(F)cc1)C(=O)CSCc1ccco1. The third kappa shape index (κ3) is 4.51. The monoisotopic (exact) mass is 293 g/mol. The van der Waals surface area contributed by atoms with Crippen molar-refractivity contribution in [3.63, 3.8) is 0 Å². The molecule has 0 radical (unpaired) electrons. The summed E-state index contributed by atoms with van der Waals surface area (Å²) in [5, 5.41) is 0. The van der Waals surface area contributed by atoms with Gasteiger partial charge in [-0.15, -0.1) is 11.8 Å². The van der Waals surface area contributed by atoms with E-state index in [1.807, 2.05) is 12.1 Å². The lowest BCUT2D eigenvalue weighted by atomic mass is 10.0. The zero-order chi connectivity index (χ0) is 14.4. The fourth-order valence-electron chi connectivity index (χ4n) is 1.74. The van der Waals surface area contributed by atoms with Crippen LogP contribution in [0.3, 0.4) is 0 Å². The summed E-state index contributed by atoms with van der Waals surface area (Å²) < 4.78 is 18.0. The second-order valence-corrected chi connectivity index (χ2v) is 5.46. The maximum Gasteiger partial charge on any atom is 0.159 e. The summed E-state index contributed by atoms with van der Waals surface area (Å²) in [4.78, 5) is 11.9. The van der Waals surface area contributed by atoms with Gasteiger partial charge in [-0.2, -0.15) is 0 Å². The highest BCUT2D eigenvalue weighted by Gasteiger charge is 2.14. The summed E-state index contributed by atoms with van der Waals surface area (Å²) in [6, 6.07) is 9.19. The van der Waals surface area contributed by atoms with Crippen molar-refractivity contribution in [2.75, 3.05) is 5.75 Å². The summed E-state index contributed by atoms with van der Waals surface area (Å²) in [7, 11) is 0. The minimum absolute atomic E-state index is 0.00844. The van der Waals surface area contributed by atoms with E-state index in [-0.39, 0.29) is 11.6 Å². The summed E-state index contributed by atoms with van der Waals surface area (Å²) in [6.07, 6.45) is 2.04. The van der Waals surface area contributed by atoms with E-state index in [1.165, 1.54) is 23.9 Å². The third-order valence-electron chi connectivity index (χ3n) is 2.85. The molecule has 2 N–H and O–H groups in total. The predicted molar refractivity (Wildman–Crippen MR) is 78.0 cm³/mol. The van der Waals surface area contributed by atoms with Crippen molar-refractivity contribution in [1.82, 2.24) is 0 Å². The van der Waals surface area contributed by atoms with E-state index in [9.17, 15) is 9.18 Å². The number of thioether (sulfide) groups is 1. The van der Waals surface area contributed by atoms with Gasteiger partial charge in [0.05, 0.1) is 23.8 Å². The van der Waals surface area contributed by atoms with Crippen LogP contribution in [0.25, 0.3) is 0 Å². The molecule has 1 aromatic carbocycles. The Morgan fingerprint density at radius 2 is 2.05 bits per heavy atom. The first kappa shape index (κ1) is 14.8. The number of carbonyl (C=O) groups excluding carboxylic acids is 1. The highest BCUT2D eigenvalue weighted by atomic mass is 32.2. The Morgan fingerprint density at radius 1 is 1.30 bits per heavy atom. The fourth-order valence-corrected chi connectivity index (χ4v) is 2.62. The fraction of sp³-hybridized carbons (Fsp3) is 0.267. The van der Waals surface area contributed by atoms with Crippen LogP contribution in [0.1, 0.15) is 11.3 Å². The van der Waals surface area contributed by atoms with Crippen LogP contribution in [0.15, 0.2) is 47.1 Å². The third-order valence-corrected chi connectivity index (χ3v) is 3.83. The average Bonchev–Trinajstić information content (AvgIpc) is 2.94. The Bertz CT molecular complexity index is 540. The molecule has 3 nitrogen and oxygen atoms in total. The number of halogens is 1. The van der Waals surface area contributed by atoms with Crippen LogP contribution in [0.5, 0.6) is 0 Å². The minimum atomic E-state index is -0.551. The van der Waals surface area contributed by atoms with Gasteiger partial charge >= 0.3 is 0 Å². The van der Waals surface area contributed by atoms with E-state index < -0.39 is 6.04 Å². The van der Waals surface area contributed by atoms with Crippen LogP contribution >= 0.6 is 11.8 Å². The number of furan rings is 1. The minimum Gasteiger partial charge on any atom is -0.468 e. The Balaban J connectivity index is 1.75. The molecule has 106 valence electrons. The van der Waals surface area contributed by atoms with Crippen LogP contribution in [-0.2, 0) is 17.0 Å². The molecule has 1 heterocycles. The summed E-state index contributed by atoms with van der Waals surface area (Å²) >= 11 is 1.48. The zero-order valence-corrected chi connectivity index (χ0v) is 11.7. The topological polar surface area (TPSA) is 56.2 Å². The van der Waals surface area contributed by atoms with E-state index >= 15 is 0 Å². The molecule has 0 aliphatic carbocycles. The largest absolute Gasteiger partial charge is 0.468 e. The quantitative estimate of drug-likeness (QED) is 0.853. The lowest BCUT2D eigenvalue weighted by Gasteiger charge is -2.10. The van der Waals surface area contributed by atoms with Crippen LogP contribution in [0.2, 0.25) is 0 Å². The molecule has 0 spiro atoms. The van der Waals surface area contributed by atoms with Crippen molar-refractivity contribution >= 4 is 17.5 Å². The molecule has 0 aliphatic rings. The Morgan fingerprint density at radius 3 is 2.70 bits per heavy atom. The maximum absolute atomic E-state index is 12.8. The van der Waals surface area contributed by atoms with Gasteiger partial charge in [0.25, 0.3) is 0 Å². The summed E-state index contributed by atoms with van der Waals surface area (Å²) in [5.41, 5.74) is 6.73. The summed E-state index contributed by atoms with van der Waals surface area (Å²) in [5.74, 6) is 1.55. The second kappa shape index (κ2) is 7.26. The highest BCUT2D eigenvalue weighted by molar-refractivity contribution is 7.99. The molecule has 0 bridgehead atoms. The smallest absolute Gasteiger partial charge is 0.159 e. The molecule has 0 saturated carbocycles. The molecule has 0 aliphatic heterocycles. The molecule has 1 atom stereocenters. The molecule has 1 aromatic heterocycles. The number of carbonyl (C=O) groups is 1. The Hall–Kier alpha value is -1.59. The molecule has 20 heavy (non-hydrogen) atoms. The second-order valence-electron chi connectivity index (χ2n) is 4.48. The lowest BCUT2D eigenvalue weighted by molar-refractivity contribution is -0.117. The van der Waals surface area contributed by atoms with Crippen LogP contribution in [-0.4, -0.2) is 17.6 Å². The average molecular weight is 293 g/mol. The van der Waals surface area contributed by atoms with E-state index in [2.05, 4.69) is 0 Å². The first-order valence-electron chi connectivity index (χ1n) is 6.28. The van der Waals surface area contributed by atoms with Gasteiger partial charge in [0, 0.05) is 0 Å². The van der Waals surface area contributed by atoms with Crippen molar-refractivity contribution < 1.29 is 13.6 Å². The van der Waals surface area contributed by atoms with E-state index in [0.717, 1.165) is 11.3 Å². The van der Waals surface area contributed by atoms with Gasteiger partial charge in [0.15, 0.2) is 5.78 Å². The van der Waals surface area contributed by atoms with Crippen molar-refractivity contribution in [3.05, 3.63) is 59.8 Å². The first-order chi connectivity index (χ1) is 9.65. The van der Waals surface area contributed by atoms with Gasteiger partial charge in [-0.3, -0.25) is 4.79 Å². The maximum atomic E-state index is 12.8. The number of ketones is 1. The van der Waals surface area contributed by atoms with E-state index in [0.29, 0.717) is 17.9 Å². The number of hydrogen-bond donors (Lipinski definition) is 1. The molecular formula is C15H16FNO2S. The molecule has 2 rings (SSSR count). The van der Waals surface area contributed by atoms with Crippen molar-refractivity contribution in [3.8, 4) is 0 Å². The predicted octanol–water partition coefficient (Wildman–Crippen LogP) is 2.79. The van der Waals surface area contributed by atoms with Crippen molar-refractivity contribution in [2.45, 2.75) is 18.2 Å². The van der Waals surface area contributed by atoms with Crippen LogP contribution < -0.4 is 5.73 Å². The number of benzene rings is 1. The molecular weight excluding hydrogens is 277 g/mol. The molecule has 0 saturated heterocycles. The van der Waals surface area contributed by atoms with Crippen LogP contribution in [0.4, 0.5) is 4.39 Å². The number of nitrogens with two attached hydrogens (primary N) is 1. The van der Waals surface area contributed by atoms with Gasteiger partial charge < -0.3 is 10.2 Å². The lowest BCUT2D eigenvalue weighted by Crippen LogP contribution is -2.34. The van der Waals surface area contributed by atoms with E-state index in [1.54, 1.807) is 18.4 Å². The van der Waals surface area contributed by atoms with Crippen LogP contribution in [0, 0.1) is 5.82 Å². The normalized spacial score (nSPS) is 12.3. The standard InChI is InChI=1S/C15H16FNO2S/c16-12-5-3-11(4-6-12)8-14(17)15(18)10-20-9-13-2-1-7-19-13/h1-7,14H,8-10,17H2/t14-/m0/s1. The molecule has 5 heteroatoms. The number of rotatable bonds is 7. The first-order valence-corrected chi connectivity index (χ1v) is 7.43. The number of hydrogen-bond acceptors (Lipinski definition) is 4. The molecule has 0 unspecified atom stereocenters. The Labute approximate surface area is 121 Å². The Kier molecular flexibility index (Phi) is 5.38. The van der Waals surface area contributed by atoms with Crippen molar-refractivity contribution in [2.24, 2.45) is 5.73 Å². The van der Waals surface area contributed by atoms with Gasteiger partial charge in [-0.25, -0.2) is 4.39 Å². The summed E-state index contributed by atoms with van der Waals surface area (Å²) in [6.45, 7) is 0. The zero-order valence-electron chi connectivity index (χ0n) is 10.9. The van der Waals surface area contributed by atoms with Gasteiger partial charge in [-0.1, -0.05) is 12.1 Å². The van der Waals surface area contributed by atoms with E-state index in [4.69, 9.17) is 10.2 Å². The highest BCUT2D eigenvalue weighted by Crippen LogP contribution is 2.13. The molecule has 0 amide bonds. The molecule has 0 fully saturated rings.